The molecular formula is C17H21N3O3. The Morgan fingerprint density at radius 1 is 1.26 bits per heavy atom. The third-order valence-electron chi connectivity index (χ3n) is 4.15. The molecule has 2 unspecified atom stereocenters. The van der Waals surface area contributed by atoms with E-state index >= 15 is 0 Å². The van der Waals surface area contributed by atoms with Crippen LogP contribution in [0.15, 0.2) is 39.7 Å². The van der Waals surface area contributed by atoms with Gasteiger partial charge in [0, 0.05) is 19.2 Å². The quantitative estimate of drug-likeness (QED) is 0.869. The first-order valence-corrected chi connectivity index (χ1v) is 7.92. The number of carbonyl (C=O) groups excluding carboxylic acids is 1. The molecule has 0 N–H and O–H groups in total. The molecule has 0 spiro atoms. The molecule has 1 amide bonds. The molecule has 2 aromatic rings. The molecule has 122 valence electrons. The highest BCUT2D eigenvalue weighted by atomic mass is 16.3. The minimum Gasteiger partial charge on any atom is -0.463 e. The van der Waals surface area contributed by atoms with Crippen molar-refractivity contribution >= 4 is 5.91 Å². The van der Waals surface area contributed by atoms with E-state index in [0.717, 1.165) is 19.5 Å². The van der Waals surface area contributed by atoms with E-state index in [1.807, 2.05) is 4.90 Å². The maximum absolute atomic E-state index is 12.5. The zero-order valence-electron chi connectivity index (χ0n) is 13.4. The molecule has 6 nitrogen and oxygen atoms in total. The Morgan fingerprint density at radius 2 is 2.00 bits per heavy atom. The van der Waals surface area contributed by atoms with Crippen LogP contribution in [0.5, 0.6) is 0 Å². The number of likely N-dealkylation sites (tertiary alicyclic amines) is 1. The van der Waals surface area contributed by atoms with Crippen molar-refractivity contribution in [1.82, 2.24) is 14.7 Å². The fourth-order valence-electron chi connectivity index (χ4n) is 3.21. The summed E-state index contributed by atoms with van der Waals surface area (Å²) in [6.45, 7) is 5.76. The summed E-state index contributed by atoms with van der Waals surface area (Å²) in [4.78, 5) is 26.3. The fraction of sp³-hybridized carbons (Fsp3) is 0.471. The Hall–Kier alpha value is -2.37. The van der Waals surface area contributed by atoms with Crippen LogP contribution in [0.3, 0.4) is 0 Å². The molecule has 1 aliphatic heterocycles. The van der Waals surface area contributed by atoms with Gasteiger partial charge in [-0.2, -0.15) is 5.10 Å². The van der Waals surface area contributed by atoms with Gasteiger partial charge in [0.1, 0.15) is 12.2 Å². The van der Waals surface area contributed by atoms with Gasteiger partial charge in [-0.05, 0) is 36.5 Å². The van der Waals surface area contributed by atoms with Gasteiger partial charge in [0.15, 0.2) is 5.76 Å². The molecule has 0 aliphatic carbocycles. The monoisotopic (exact) mass is 315 g/mol. The number of amides is 1. The maximum atomic E-state index is 12.5. The van der Waals surface area contributed by atoms with E-state index in [0.29, 0.717) is 23.3 Å². The van der Waals surface area contributed by atoms with Gasteiger partial charge in [0.2, 0.25) is 5.91 Å². The van der Waals surface area contributed by atoms with Crippen molar-refractivity contribution in [2.45, 2.75) is 26.8 Å². The largest absolute Gasteiger partial charge is 0.463 e. The lowest BCUT2D eigenvalue weighted by Gasteiger charge is -2.35. The van der Waals surface area contributed by atoms with Crippen LogP contribution in [0.4, 0.5) is 0 Å². The van der Waals surface area contributed by atoms with Crippen LogP contribution >= 0.6 is 0 Å². The molecular weight excluding hydrogens is 294 g/mol. The summed E-state index contributed by atoms with van der Waals surface area (Å²) in [7, 11) is 0. The SMILES string of the molecule is CC1CC(C)CN(C(=O)Cn2nc(-c3ccco3)ccc2=O)C1. The van der Waals surface area contributed by atoms with E-state index in [1.165, 1.54) is 10.7 Å². The summed E-state index contributed by atoms with van der Waals surface area (Å²) >= 11 is 0. The van der Waals surface area contributed by atoms with Gasteiger partial charge in [0.25, 0.3) is 5.56 Å². The molecule has 3 heterocycles. The van der Waals surface area contributed by atoms with Gasteiger partial charge in [-0.1, -0.05) is 13.8 Å². The Kier molecular flexibility index (Phi) is 4.32. The molecule has 23 heavy (non-hydrogen) atoms. The van der Waals surface area contributed by atoms with E-state index in [9.17, 15) is 9.59 Å². The van der Waals surface area contributed by atoms with Gasteiger partial charge in [-0.3, -0.25) is 9.59 Å². The van der Waals surface area contributed by atoms with Crippen molar-refractivity contribution < 1.29 is 9.21 Å². The van der Waals surface area contributed by atoms with Crippen molar-refractivity contribution in [2.24, 2.45) is 11.8 Å². The van der Waals surface area contributed by atoms with Gasteiger partial charge in [-0.25, -0.2) is 4.68 Å². The first-order chi connectivity index (χ1) is 11.0. The topological polar surface area (TPSA) is 68.3 Å². The van der Waals surface area contributed by atoms with Gasteiger partial charge in [0.05, 0.1) is 6.26 Å². The normalized spacial score (nSPS) is 21.4. The van der Waals surface area contributed by atoms with Crippen molar-refractivity contribution in [3.63, 3.8) is 0 Å². The van der Waals surface area contributed by atoms with Crippen LogP contribution in [0.25, 0.3) is 11.5 Å². The highest BCUT2D eigenvalue weighted by Crippen LogP contribution is 2.21. The van der Waals surface area contributed by atoms with Crippen molar-refractivity contribution in [3.8, 4) is 11.5 Å². The Bertz CT molecular complexity index is 726. The summed E-state index contributed by atoms with van der Waals surface area (Å²) in [5.41, 5.74) is 0.259. The van der Waals surface area contributed by atoms with Crippen LogP contribution in [0.1, 0.15) is 20.3 Å². The summed E-state index contributed by atoms with van der Waals surface area (Å²) < 4.78 is 6.50. The van der Waals surface area contributed by atoms with Gasteiger partial charge < -0.3 is 9.32 Å². The predicted molar refractivity (Wildman–Crippen MR) is 85.7 cm³/mol. The molecule has 1 saturated heterocycles. The number of hydrogen-bond donors (Lipinski definition) is 0. The molecule has 3 rings (SSSR count). The number of nitrogens with zero attached hydrogens (tertiary/aromatic N) is 3. The summed E-state index contributed by atoms with van der Waals surface area (Å²) in [5, 5.41) is 4.25. The van der Waals surface area contributed by atoms with Crippen LogP contribution in [0, 0.1) is 11.8 Å². The average Bonchev–Trinajstić information content (AvgIpc) is 3.02. The van der Waals surface area contributed by atoms with Crippen LogP contribution in [-0.2, 0) is 11.3 Å². The highest BCUT2D eigenvalue weighted by Gasteiger charge is 2.25. The third kappa shape index (κ3) is 3.52. The second kappa shape index (κ2) is 6.40. The van der Waals surface area contributed by atoms with Crippen molar-refractivity contribution in [2.75, 3.05) is 13.1 Å². The standard InChI is InChI=1S/C17H21N3O3/c1-12-8-13(2)10-19(9-12)17(22)11-20-16(21)6-5-14(18-20)15-4-3-7-23-15/h3-7,12-13H,8-11H2,1-2H3. The lowest BCUT2D eigenvalue weighted by Crippen LogP contribution is -2.45. The second-order valence-electron chi connectivity index (χ2n) is 6.44. The Labute approximate surface area is 134 Å². The minimum absolute atomic E-state index is 0.0349. The molecule has 0 radical (unpaired) electrons. The number of furan rings is 1. The Morgan fingerprint density at radius 3 is 2.65 bits per heavy atom. The molecule has 1 aliphatic rings. The smallest absolute Gasteiger partial charge is 0.267 e. The van der Waals surface area contributed by atoms with Gasteiger partial charge >= 0.3 is 0 Å². The third-order valence-corrected chi connectivity index (χ3v) is 4.15. The fourth-order valence-corrected chi connectivity index (χ4v) is 3.21. The van der Waals surface area contributed by atoms with Crippen molar-refractivity contribution in [3.05, 3.63) is 40.9 Å². The minimum atomic E-state index is -0.285. The van der Waals surface area contributed by atoms with Gasteiger partial charge in [-0.15, -0.1) is 0 Å². The first-order valence-electron chi connectivity index (χ1n) is 7.92. The lowest BCUT2D eigenvalue weighted by molar-refractivity contribution is -0.134. The molecule has 2 aromatic heterocycles. The van der Waals surface area contributed by atoms with E-state index in [1.54, 1.807) is 24.5 Å². The predicted octanol–water partition coefficient (Wildman–Crippen LogP) is 2.01. The Balaban J connectivity index is 1.78. The lowest BCUT2D eigenvalue weighted by atomic mass is 9.92. The number of rotatable bonds is 3. The summed E-state index contributed by atoms with van der Waals surface area (Å²) in [6, 6.07) is 6.55. The highest BCUT2D eigenvalue weighted by molar-refractivity contribution is 5.76. The first kappa shape index (κ1) is 15.5. The maximum Gasteiger partial charge on any atom is 0.267 e. The summed E-state index contributed by atoms with van der Waals surface area (Å²) in [6.07, 6.45) is 2.68. The summed E-state index contributed by atoms with van der Waals surface area (Å²) in [5.74, 6) is 1.49. The van der Waals surface area contributed by atoms with E-state index in [-0.39, 0.29) is 18.0 Å². The molecule has 0 aromatic carbocycles. The molecule has 0 saturated carbocycles. The number of piperidine rings is 1. The molecule has 2 atom stereocenters. The van der Waals surface area contributed by atoms with Crippen LogP contribution < -0.4 is 5.56 Å². The van der Waals surface area contributed by atoms with E-state index in [2.05, 4.69) is 18.9 Å². The number of aromatic nitrogens is 2. The molecule has 0 bridgehead atoms. The van der Waals surface area contributed by atoms with E-state index < -0.39 is 0 Å². The van der Waals surface area contributed by atoms with E-state index in [4.69, 9.17) is 4.42 Å². The average molecular weight is 315 g/mol. The molecule has 6 heteroatoms. The zero-order valence-corrected chi connectivity index (χ0v) is 13.4. The number of carbonyl (C=O) groups is 1. The van der Waals surface area contributed by atoms with Crippen LogP contribution in [0.2, 0.25) is 0 Å². The van der Waals surface area contributed by atoms with Crippen LogP contribution in [-0.4, -0.2) is 33.7 Å². The zero-order chi connectivity index (χ0) is 16.4. The number of hydrogen-bond acceptors (Lipinski definition) is 4. The van der Waals surface area contributed by atoms with Crippen molar-refractivity contribution in [1.29, 1.82) is 0 Å². The molecule has 1 fully saturated rings. The second-order valence-corrected chi connectivity index (χ2v) is 6.44.